The predicted octanol–water partition coefficient (Wildman–Crippen LogP) is 0.976. The largest absolute Gasteiger partial charge is 0.381 e. The number of hydrogen-bond donors (Lipinski definition) is 1. The Hall–Kier alpha value is -1.89. The van der Waals surface area contributed by atoms with Crippen molar-refractivity contribution in [1.29, 1.82) is 0 Å². The van der Waals surface area contributed by atoms with Gasteiger partial charge in [-0.2, -0.15) is 5.10 Å². The van der Waals surface area contributed by atoms with E-state index < -0.39 is 0 Å². The average Bonchev–Trinajstić information content (AvgIpc) is 3.10. The zero-order valence-electron chi connectivity index (χ0n) is 14.0. The lowest BCUT2D eigenvalue weighted by molar-refractivity contribution is 0.0779. The van der Waals surface area contributed by atoms with E-state index in [0.29, 0.717) is 0 Å². The number of aryl methyl sites for hydroxylation is 2. The zero-order chi connectivity index (χ0) is 16.4. The van der Waals surface area contributed by atoms with Gasteiger partial charge in [0.25, 0.3) is 0 Å². The maximum Gasteiger partial charge on any atom is 0.317 e. The first kappa shape index (κ1) is 15.6. The van der Waals surface area contributed by atoms with Crippen molar-refractivity contribution in [3.05, 3.63) is 17.3 Å². The van der Waals surface area contributed by atoms with Crippen LogP contribution in [0.4, 0.5) is 10.6 Å². The van der Waals surface area contributed by atoms with Crippen molar-refractivity contribution in [2.24, 2.45) is 0 Å². The van der Waals surface area contributed by atoms with Gasteiger partial charge < -0.3 is 19.9 Å². The lowest BCUT2D eigenvalue weighted by atomic mass is 10.1. The molecule has 2 amide bonds. The Balaban J connectivity index is 1.30. The summed E-state index contributed by atoms with van der Waals surface area (Å²) in [5.41, 5.74) is 2.51. The van der Waals surface area contributed by atoms with Gasteiger partial charge in [-0.3, -0.25) is 0 Å². The van der Waals surface area contributed by atoms with Crippen LogP contribution in [0.5, 0.6) is 0 Å². The van der Waals surface area contributed by atoms with Gasteiger partial charge in [-0.25, -0.2) is 4.79 Å². The van der Waals surface area contributed by atoms with Crippen LogP contribution in [-0.2, 0) is 17.6 Å². The van der Waals surface area contributed by atoms with Gasteiger partial charge in [0.05, 0.1) is 5.69 Å². The molecule has 3 heterocycles. The minimum atomic E-state index is 0.0570. The third-order valence-electron chi connectivity index (χ3n) is 5.25. The van der Waals surface area contributed by atoms with E-state index in [1.54, 1.807) is 0 Å². The highest BCUT2D eigenvalue weighted by molar-refractivity contribution is 5.75. The summed E-state index contributed by atoms with van der Waals surface area (Å²) in [7, 11) is 0. The monoisotopic (exact) mass is 331 g/mol. The molecule has 0 atom stereocenters. The van der Waals surface area contributed by atoms with E-state index in [4.69, 9.17) is 4.74 Å². The summed E-state index contributed by atoms with van der Waals surface area (Å²) in [6.45, 7) is 4.58. The molecule has 7 nitrogen and oxygen atoms in total. The molecule has 0 radical (unpaired) electrons. The Morgan fingerprint density at radius 2 is 1.92 bits per heavy atom. The highest BCUT2D eigenvalue weighted by Crippen LogP contribution is 2.23. The summed E-state index contributed by atoms with van der Waals surface area (Å²) in [5, 5.41) is 11.9. The second kappa shape index (κ2) is 6.93. The maximum atomic E-state index is 12.4. The van der Waals surface area contributed by atoms with Crippen LogP contribution in [0.15, 0.2) is 6.07 Å². The highest BCUT2D eigenvalue weighted by atomic mass is 16.5. The van der Waals surface area contributed by atoms with Gasteiger partial charge in [-0.1, -0.05) is 0 Å². The fourth-order valence-electron chi connectivity index (χ4n) is 3.72. The van der Waals surface area contributed by atoms with Crippen molar-refractivity contribution in [2.75, 3.05) is 44.3 Å². The third kappa shape index (κ3) is 3.31. The molecule has 2 fully saturated rings. The van der Waals surface area contributed by atoms with E-state index in [1.807, 2.05) is 4.90 Å². The molecule has 0 saturated carbocycles. The van der Waals surface area contributed by atoms with E-state index in [-0.39, 0.29) is 12.1 Å². The number of carbonyl (C=O) groups excluding carboxylic acids is 1. The number of nitrogens with one attached hydrogen (secondary N) is 1. The van der Waals surface area contributed by atoms with E-state index >= 15 is 0 Å². The maximum absolute atomic E-state index is 12.4. The molecule has 0 spiro atoms. The van der Waals surface area contributed by atoms with Crippen molar-refractivity contribution in [3.63, 3.8) is 0 Å². The van der Waals surface area contributed by atoms with Gasteiger partial charge in [-0.05, 0) is 43.7 Å². The molecule has 1 N–H and O–H groups in total. The number of nitrogens with zero attached hydrogens (tertiary/aromatic N) is 4. The molecule has 2 aliphatic heterocycles. The number of carbonyl (C=O) groups is 1. The number of anilines is 1. The van der Waals surface area contributed by atoms with Crippen molar-refractivity contribution in [2.45, 2.75) is 38.1 Å². The van der Waals surface area contributed by atoms with E-state index in [2.05, 4.69) is 26.5 Å². The summed E-state index contributed by atoms with van der Waals surface area (Å²) in [4.78, 5) is 16.5. The van der Waals surface area contributed by atoms with Gasteiger partial charge >= 0.3 is 6.03 Å². The van der Waals surface area contributed by atoms with Crippen LogP contribution in [0.25, 0.3) is 0 Å². The lowest BCUT2D eigenvalue weighted by Gasteiger charge is -2.36. The SMILES string of the molecule is O=C(NC1CCOCC1)N1CCN(c2cc3c(nn2)CCC3)CC1. The summed E-state index contributed by atoms with van der Waals surface area (Å²) in [6.07, 6.45) is 5.19. The Kier molecular flexibility index (Phi) is 4.51. The molecule has 0 bridgehead atoms. The molecule has 130 valence electrons. The molecule has 1 aromatic rings. The molecule has 1 aliphatic carbocycles. The number of urea groups is 1. The van der Waals surface area contributed by atoms with Crippen LogP contribution in [0.3, 0.4) is 0 Å². The van der Waals surface area contributed by atoms with Crippen molar-refractivity contribution in [3.8, 4) is 0 Å². The molecule has 2 saturated heterocycles. The Labute approximate surface area is 142 Å². The topological polar surface area (TPSA) is 70.6 Å². The molecule has 7 heteroatoms. The summed E-state index contributed by atoms with van der Waals surface area (Å²) < 4.78 is 5.34. The van der Waals surface area contributed by atoms with Gasteiger partial charge in [0, 0.05) is 45.4 Å². The van der Waals surface area contributed by atoms with Crippen molar-refractivity contribution < 1.29 is 9.53 Å². The molecule has 24 heavy (non-hydrogen) atoms. The van der Waals surface area contributed by atoms with Crippen molar-refractivity contribution in [1.82, 2.24) is 20.4 Å². The number of amides is 2. The smallest absolute Gasteiger partial charge is 0.317 e. The van der Waals surface area contributed by atoms with Crippen LogP contribution in [0.1, 0.15) is 30.5 Å². The minimum absolute atomic E-state index is 0.0570. The first-order chi connectivity index (χ1) is 11.8. The Bertz CT molecular complexity index is 595. The third-order valence-corrected chi connectivity index (χ3v) is 5.25. The molecule has 3 aliphatic rings. The number of hydrogen-bond acceptors (Lipinski definition) is 5. The number of aromatic nitrogens is 2. The number of piperazine rings is 1. The summed E-state index contributed by atoms with van der Waals surface area (Å²) in [6, 6.07) is 2.50. The predicted molar refractivity (Wildman–Crippen MR) is 90.2 cm³/mol. The number of ether oxygens (including phenoxy) is 1. The normalized spacial score (nSPS) is 21.7. The van der Waals surface area contributed by atoms with Crippen LogP contribution in [0, 0.1) is 0 Å². The van der Waals surface area contributed by atoms with Crippen LogP contribution >= 0.6 is 0 Å². The van der Waals surface area contributed by atoms with Crippen LogP contribution in [-0.4, -0.2) is 66.6 Å². The Morgan fingerprint density at radius 1 is 1.12 bits per heavy atom. The fourth-order valence-corrected chi connectivity index (χ4v) is 3.72. The van der Waals surface area contributed by atoms with Crippen LogP contribution in [0.2, 0.25) is 0 Å². The second-order valence-electron chi connectivity index (χ2n) is 6.84. The lowest BCUT2D eigenvalue weighted by Crippen LogP contribution is -2.54. The molecule has 4 rings (SSSR count). The number of fused-ring (bicyclic) bond motifs is 1. The fraction of sp³-hybridized carbons (Fsp3) is 0.706. The second-order valence-corrected chi connectivity index (χ2v) is 6.84. The van der Waals surface area contributed by atoms with Gasteiger partial charge in [0.1, 0.15) is 0 Å². The zero-order valence-corrected chi connectivity index (χ0v) is 14.0. The summed E-state index contributed by atoms with van der Waals surface area (Å²) >= 11 is 0. The molecule has 1 aromatic heterocycles. The average molecular weight is 331 g/mol. The highest BCUT2D eigenvalue weighted by Gasteiger charge is 2.25. The van der Waals surface area contributed by atoms with E-state index in [0.717, 1.165) is 76.6 Å². The standard InChI is InChI=1S/C17H25N5O2/c23-17(18-14-4-10-24-11-5-14)22-8-6-21(7-9-22)16-12-13-2-1-3-15(13)19-20-16/h12,14H,1-11H2,(H,18,23). The first-order valence-corrected chi connectivity index (χ1v) is 9.03. The van der Waals surface area contributed by atoms with Gasteiger partial charge in [-0.15, -0.1) is 5.10 Å². The quantitative estimate of drug-likeness (QED) is 0.875. The molecule has 0 aromatic carbocycles. The summed E-state index contributed by atoms with van der Waals surface area (Å²) in [5.74, 6) is 0.958. The van der Waals surface area contributed by atoms with Gasteiger partial charge in [0.2, 0.25) is 0 Å². The van der Waals surface area contributed by atoms with Crippen molar-refractivity contribution >= 4 is 11.8 Å². The first-order valence-electron chi connectivity index (χ1n) is 9.03. The molecular weight excluding hydrogens is 306 g/mol. The number of rotatable bonds is 2. The minimum Gasteiger partial charge on any atom is -0.381 e. The van der Waals surface area contributed by atoms with Crippen LogP contribution < -0.4 is 10.2 Å². The van der Waals surface area contributed by atoms with Gasteiger partial charge in [0.15, 0.2) is 5.82 Å². The molecule has 0 unspecified atom stereocenters. The molecular formula is C17H25N5O2. The van der Waals surface area contributed by atoms with E-state index in [9.17, 15) is 4.79 Å². The Morgan fingerprint density at radius 3 is 2.71 bits per heavy atom. The van der Waals surface area contributed by atoms with E-state index in [1.165, 1.54) is 12.0 Å².